The van der Waals surface area contributed by atoms with Gasteiger partial charge in [-0.15, -0.1) is 0 Å². The fourth-order valence-corrected chi connectivity index (χ4v) is 3.50. The van der Waals surface area contributed by atoms with E-state index in [-0.39, 0.29) is 0 Å². The van der Waals surface area contributed by atoms with Crippen LogP contribution in [0.25, 0.3) is 11.1 Å². The van der Waals surface area contributed by atoms with E-state index in [2.05, 4.69) is 6.92 Å². The maximum Gasteiger partial charge on any atom is 0.336 e. The zero-order valence-corrected chi connectivity index (χ0v) is 19.3. The largest absolute Gasteiger partial charge is 0.463 e. The molecule has 0 atom stereocenters. The number of hydrogen-bond donors (Lipinski definition) is 0. The molecule has 0 heterocycles. The maximum absolute atomic E-state index is 12.1. The average molecular weight is 437 g/mol. The van der Waals surface area contributed by atoms with Crippen molar-refractivity contribution in [2.75, 3.05) is 6.61 Å². The van der Waals surface area contributed by atoms with Gasteiger partial charge in [0, 0.05) is 17.7 Å². The SMILES string of the molecule is CCCCCCCCCCCCOC(=O)/C=C/C(=O)Oc1ccccc1-c1ccccc1. The van der Waals surface area contributed by atoms with Crippen molar-refractivity contribution >= 4 is 11.9 Å². The summed E-state index contributed by atoms with van der Waals surface area (Å²) in [5.74, 6) is -0.675. The molecule has 0 spiro atoms. The lowest BCUT2D eigenvalue weighted by Gasteiger charge is -2.08. The second-order valence-corrected chi connectivity index (χ2v) is 7.97. The van der Waals surface area contributed by atoms with Crippen LogP contribution in [0, 0.1) is 0 Å². The highest BCUT2D eigenvalue weighted by Crippen LogP contribution is 2.29. The number of carbonyl (C=O) groups is 2. The van der Waals surface area contributed by atoms with Gasteiger partial charge in [-0.05, 0) is 18.1 Å². The van der Waals surface area contributed by atoms with Crippen LogP contribution < -0.4 is 4.74 Å². The Morgan fingerprint density at radius 3 is 1.94 bits per heavy atom. The number of esters is 2. The predicted molar refractivity (Wildman–Crippen MR) is 129 cm³/mol. The van der Waals surface area contributed by atoms with Crippen LogP contribution in [0.2, 0.25) is 0 Å². The number of unbranched alkanes of at least 4 members (excludes halogenated alkanes) is 9. The third-order valence-corrected chi connectivity index (χ3v) is 5.28. The molecule has 172 valence electrons. The minimum absolute atomic E-state index is 0.381. The van der Waals surface area contributed by atoms with Gasteiger partial charge >= 0.3 is 11.9 Å². The highest BCUT2D eigenvalue weighted by atomic mass is 16.5. The van der Waals surface area contributed by atoms with Crippen LogP contribution in [0.3, 0.4) is 0 Å². The third kappa shape index (κ3) is 10.4. The topological polar surface area (TPSA) is 52.6 Å². The van der Waals surface area contributed by atoms with E-state index in [1.165, 1.54) is 51.4 Å². The lowest BCUT2D eigenvalue weighted by atomic mass is 10.1. The molecular formula is C28H36O4. The number of para-hydroxylation sites is 1. The molecule has 4 heteroatoms. The van der Waals surface area contributed by atoms with Gasteiger partial charge in [-0.3, -0.25) is 0 Å². The zero-order chi connectivity index (χ0) is 22.9. The first-order valence-corrected chi connectivity index (χ1v) is 11.9. The molecular weight excluding hydrogens is 400 g/mol. The van der Waals surface area contributed by atoms with Gasteiger partial charge in [-0.1, -0.05) is 113 Å². The van der Waals surface area contributed by atoms with Crippen molar-refractivity contribution in [1.29, 1.82) is 0 Å². The monoisotopic (exact) mass is 436 g/mol. The van der Waals surface area contributed by atoms with E-state index in [1.54, 1.807) is 12.1 Å². The average Bonchev–Trinajstić information content (AvgIpc) is 2.82. The molecule has 0 aliphatic rings. The summed E-state index contributed by atoms with van der Waals surface area (Å²) in [5.41, 5.74) is 1.77. The molecule has 0 aromatic heterocycles. The first-order valence-electron chi connectivity index (χ1n) is 11.9. The first-order chi connectivity index (χ1) is 15.7. The van der Waals surface area contributed by atoms with Gasteiger partial charge in [0.05, 0.1) is 6.61 Å². The highest BCUT2D eigenvalue weighted by Gasteiger charge is 2.09. The molecule has 0 saturated carbocycles. The fraction of sp³-hybridized carbons (Fsp3) is 0.429. The van der Waals surface area contributed by atoms with Gasteiger partial charge in [0.15, 0.2) is 0 Å². The van der Waals surface area contributed by atoms with Crippen molar-refractivity contribution < 1.29 is 19.1 Å². The zero-order valence-electron chi connectivity index (χ0n) is 19.3. The number of ether oxygens (including phenoxy) is 2. The number of rotatable bonds is 15. The van der Waals surface area contributed by atoms with E-state index in [0.29, 0.717) is 12.4 Å². The summed E-state index contributed by atoms with van der Waals surface area (Å²) < 4.78 is 10.6. The van der Waals surface area contributed by atoms with Crippen molar-refractivity contribution in [3.8, 4) is 16.9 Å². The van der Waals surface area contributed by atoms with Gasteiger partial charge < -0.3 is 9.47 Å². The van der Waals surface area contributed by atoms with Crippen LogP contribution in [-0.2, 0) is 14.3 Å². The number of carbonyl (C=O) groups excluding carboxylic acids is 2. The Bertz CT molecular complexity index is 826. The Hall–Kier alpha value is -2.88. The normalized spacial score (nSPS) is 10.9. The summed E-state index contributed by atoms with van der Waals surface area (Å²) in [4.78, 5) is 24.0. The summed E-state index contributed by atoms with van der Waals surface area (Å²) in [6.07, 6.45) is 14.5. The van der Waals surface area contributed by atoms with Crippen molar-refractivity contribution in [1.82, 2.24) is 0 Å². The van der Waals surface area contributed by atoms with Gasteiger partial charge in [0.2, 0.25) is 0 Å². The van der Waals surface area contributed by atoms with Crippen LogP contribution in [-0.4, -0.2) is 18.5 Å². The van der Waals surface area contributed by atoms with E-state index in [4.69, 9.17) is 9.47 Å². The first kappa shape index (κ1) is 25.4. The highest BCUT2D eigenvalue weighted by molar-refractivity contribution is 5.93. The Kier molecular flexibility index (Phi) is 12.6. The van der Waals surface area contributed by atoms with Crippen LogP contribution in [0.5, 0.6) is 5.75 Å². The summed E-state index contributed by atoms with van der Waals surface area (Å²) in [6.45, 7) is 2.62. The molecule has 0 bridgehead atoms. The Morgan fingerprint density at radius 2 is 1.25 bits per heavy atom. The van der Waals surface area contributed by atoms with Gasteiger partial charge in [-0.25, -0.2) is 9.59 Å². The third-order valence-electron chi connectivity index (χ3n) is 5.28. The van der Waals surface area contributed by atoms with Crippen LogP contribution in [0.15, 0.2) is 66.7 Å². The predicted octanol–water partition coefficient (Wildman–Crippen LogP) is 7.28. The molecule has 0 aliphatic heterocycles. The molecule has 2 rings (SSSR count). The minimum Gasteiger partial charge on any atom is -0.463 e. The second-order valence-electron chi connectivity index (χ2n) is 7.97. The van der Waals surface area contributed by atoms with Gasteiger partial charge in [0.25, 0.3) is 0 Å². The standard InChI is InChI=1S/C28H36O4/c1-2-3-4-5-6-7-8-9-10-16-23-31-27(29)21-22-28(30)32-26-20-15-14-19-25(26)24-17-12-11-13-18-24/h11-15,17-22H,2-10,16,23H2,1H3/b22-21+. The maximum atomic E-state index is 12.1. The van der Waals surface area contributed by atoms with Crippen molar-refractivity contribution in [2.24, 2.45) is 0 Å². The Labute approximate surface area is 192 Å². The van der Waals surface area contributed by atoms with E-state index in [9.17, 15) is 9.59 Å². The lowest BCUT2D eigenvalue weighted by Crippen LogP contribution is -2.08. The second kappa shape index (κ2) is 15.9. The molecule has 32 heavy (non-hydrogen) atoms. The van der Waals surface area contributed by atoms with Crippen LogP contribution >= 0.6 is 0 Å². The van der Waals surface area contributed by atoms with Gasteiger partial charge in [0.1, 0.15) is 5.75 Å². The lowest BCUT2D eigenvalue weighted by molar-refractivity contribution is -0.138. The van der Waals surface area contributed by atoms with Crippen LogP contribution in [0.1, 0.15) is 71.1 Å². The Morgan fingerprint density at radius 1 is 0.688 bits per heavy atom. The van der Waals surface area contributed by atoms with Gasteiger partial charge in [-0.2, -0.15) is 0 Å². The van der Waals surface area contributed by atoms with E-state index >= 15 is 0 Å². The van der Waals surface area contributed by atoms with Crippen molar-refractivity contribution in [2.45, 2.75) is 71.1 Å². The van der Waals surface area contributed by atoms with Crippen molar-refractivity contribution in [3.63, 3.8) is 0 Å². The summed E-state index contributed by atoms with van der Waals surface area (Å²) in [7, 11) is 0. The molecule has 2 aromatic rings. The number of benzene rings is 2. The Balaban J connectivity index is 1.62. The molecule has 0 N–H and O–H groups in total. The molecule has 2 aromatic carbocycles. The quantitative estimate of drug-likeness (QED) is 0.127. The molecule has 0 unspecified atom stereocenters. The summed E-state index contributed by atoms with van der Waals surface area (Å²) >= 11 is 0. The molecule has 0 radical (unpaired) electrons. The smallest absolute Gasteiger partial charge is 0.336 e. The summed E-state index contributed by atoms with van der Waals surface area (Å²) in [5, 5.41) is 0. The van der Waals surface area contributed by atoms with E-state index in [0.717, 1.165) is 36.1 Å². The molecule has 0 amide bonds. The summed E-state index contributed by atoms with van der Waals surface area (Å²) in [6, 6.07) is 17.0. The molecule has 0 saturated heterocycles. The molecule has 0 fully saturated rings. The fourth-order valence-electron chi connectivity index (χ4n) is 3.50. The minimum atomic E-state index is -0.607. The number of hydrogen-bond acceptors (Lipinski definition) is 4. The van der Waals surface area contributed by atoms with E-state index < -0.39 is 11.9 Å². The van der Waals surface area contributed by atoms with Crippen molar-refractivity contribution in [3.05, 3.63) is 66.7 Å². The molecule has 4 nitrogen and oxygen atoms in total. The molecule has 0 aliphatic carbocycles. The van der Waals surface area contributed by atoms with E-state index in [1.807, 2.05) is 42.5 Å². The van der Waals surface area contributed by atoms with Crippen LogP contribution in [0.4, 0.5) is 0 Å².